The van der Waals surface area contributed by atoms with E-state index in [-0.39, 0.29) is 12.2 Å². The van der Waals surface area contributed by atoms with Crippen LogP contribution in [0.1, 0.15) is 35.2 Å². The molecule has 23 heavy (non-hydrogen) atoms. The van der Waals surface area contributed by atoms with Crippen molar-refractivity contribution in [1.82, 2.24) is 5.32 Å². The highest BCUT2D eigenvalue weighted by Gasteiger charge is 2.33. The first-order chi connectivity index (χ1) is 10.8. The van der Waals surface area contributed by atoms with E-state index in [0.29, 0.717) is 17.1 Å². The molecule has 0 fully saturated rings. The molecular weight excluding hydrogens is 298 g/mol. The first-order valence-corrected chi connectivity index (χ1v) is 7.09. The fourth-order valence-electron chi connectivity index (χ4n) is 2.36. The molecule has 1 aromatic carbocycles. The average molecular weight is 317 g/mol. The lowest BCUT2D eigenvalue weighted by atomic mass is 9.88. The summed E-state index contributed by atoms with van der Waals surface area (Å²) < 4.78 is 10.5. The number of hydrogen-bond donors (Lipinski definition) is 2. The van der Waals surface area contributed by atoms with Gasteiger partial charge in [-0.1, -0.05) is 12.1 Å². The van der Waals surface area contributed by atoms with Gasteiger partial charge in [0.15, 0.2) is 5.76 Å². The second kappa shape index (κ2) is 6.56. The van der Waals surface area contributed by atoms with Gasteiger partial charge in [-0.25, -0.2) is 0 Å². The number of rotatable bonds is 6. The number of amides is 1. The number of carboxylic acids is 1. The molecule has 1 heterocycles. The fraction of sp³-hybridized carbons (Fsp3) is 0.294. The van der Waals surface area contributed by atoms with E-state index in [4.69, 9.17) is 9.15 Å². The van der Waals surface area contributed by atoms with E-state index in [0.717, 1.165) is 0 Å². The number of furan rings is 1. The van der Waals surface area contributed by atoms with Crippen LogP contribution in [0.15, 0.2) is 40.8 Å². The minimum absolute atomic E-state index is 0.141. The molecule has 1 atom stereocenters. The standard InChI is InChI=1S/C17H19NO5/c1-11-7-8-14(23-11)16(21)18-17(2,10-15(19)20)12-5-4-6-13(9-12)22-3/h4-9H,10H2,1-3H3,(H,18,21)(H,19,20). The van der Waals surface area contributed by atoms with E-state index < -0.39 is 17.4 Å². The topological polar surface area (TPSA) is 88.8 Å². The first kappa shape index (κ1) is 16.6. The molecule has 1 amide bonds. The number of methoxy groups -OCH3 is 1. The molecule has 0 spiro atoms. The second-order valence-corrected chi connectivity index (χ2v) is 5.50. The Balaban J connectivity index is 2.34. The molecule has 6 nitrogen and oxygen atoms in total. The smallest absolute Gasteiger partial charge is 0.306 e. The molecule has 0 saturated carbocycles. The summed E-state index contributed by atoms with van der Waals surface area (Å²) in [5, 5.41) is 12.0. The summed E-state index contributed by atoms with van der Waals surface area (Å²) in [7, 11) is 1.53. The van der Waals surface area contributed by atoms with E-state index in [1.54, 1.807) is 50.2 Å². The van der Waals surface area contributed by atoms with E-state index in [2.05, 4.69) is 5.32 Å². The SMILES string of the molecule is COc1cccc(C(C)(CC(=O)O)NC(=O)c2ccc(C)o2)c1. The van der Waals surface area contributed by atoms with Crippen molar-refractivity contribution in [3.05, 3.63) is 53.5 Å². The third kappa shape index (κ3) is 3.91. The summed E-state index contributed by atoms with van der Waals surface area (Å²) in [5.41, 5.74) is -0.464. The zero-order valence-corrected chi connectivity index (χ0v) is 13.3. The Morgan fingerprint density at radius 1 is 1.30 bits per heavy atom. The van der Waals surface area contributed by atoms with Crippen molar-refractivity contribution < 1.29 is 23.8 Å². The highest BCUT2D eigenvalue weighted by molar-refractivity contribution is 5.92. The number of ether oxygens (including phenoxy) is 1. The highest BCUT2D eigenvalue weighted by atomic mass is 16.5. The van der Waals surface area contributed by atoms with E-state index in [9.17, 15) is 14.7 Å². The van der Waals surface area contributed by atoms with Gasteiger partial charge >= 0.3 is 5.97 Å². The molecule has 0 bridgehead atoms. The molecule has 0 saturated heterocycles. The number of aliphatic carboxylic acids is 1. The number of nitrogens with one attached hydrogen (secondary N) is 1. The van der Waals surface area contributed by atoms with Crippen molar-refractivity contribution in [1.29, 1.82) is 0 Å². The Bertz CT molecular complexity index is 721. The Labute approximate surface area is 134 Å². The lowest BCUT2D eigenvalue weighted by molar-refractivity contribution is -0.138. The van der Waals surface area contributed by atoms with Crippen LogP contribution in [0.3, 0.4) is 0 Å². The van der Waals surface area contributed by atoms with Crippen LogP contribution in [0.5, 0.6) is 5.75 Å². The molecule has 1 aromatic heterocycles. The van der Waals surface area contributed by atoms with Gasteiger partial charge in [-0.3, -0.25) is 9.59 Å². The molecule has 0 aliphatic heterocycles. The predicted molar refractivity (Wildman–Crippen MR) is 83.5 cm³/mol. The second-order valence-electron chi connectivity index (χ2n) is 5.50. The van der Waals surface area contributed by atoms with Gasteiger partial charge in [0.1, 0.15) is 11.5 Å². The Kier molecular flexibility index (Phi) is 4.74. The molecular formula is C17H19NO5. The highest BCUT2D eigenvalue weighted by Crippen LogP contribution is 2.28. The Morgan fingerprint density at radius 2 is 2.04 bits per heavy atom. The zero-order valence-electron chi connectivity index (χ0n) is 13.3. The van der Waals surface area contributed by atoms with Crippen LogP contribution in [0.4, 0.5) is 0 Å². The molecule has 0 aliphatic carbocycles. The monoisotopic (exact) mass is 317 g/mol. The average Bonchev–Trinajstić information content (AvgIpc) is 2.93. The summed E-state index contributed by atoms with van der Waals surface area (Å²) in [6.07, 6.45) is -0.272. The summed E-state index contributed by atoms with van der Waals surface area (Å²) in [5.74, 6) is -0.156. The lowest BCUT2D eigenvalue weighted by Crippen LogP contribution is -2.45. The summed E-state index contributed by atoms with van der Waals surface area (Å²) in [6, 6.07) is 10.2. The maximum Gasteiger partial charge on any atom is 0.306 e. The van der Waals surface area contributed by atoms with Gasteiger partial charge in [0.2, 0.25) is 0 Å². The van der Waals surface area contributed by atoms with Crippen LogP contribution in [0.25, 0.3) is 0 Å². The van der Waals surface area contributed by atoms with Crippen molar-refractivity contribution in [2.24, 2.45) is 0 Å². The van der Waals surface area contributed by atoms with Gasteiger partial charge in [0.05, 0.1) is 19.1 Å². The number of carbonyl (C=O) groups is 2. The van der Waals surface area contributed by atoms with Gasteiger partial charge in [-0.05, 0) is 43.7 Å². The summed E-state index contributed by atoms with van der Waals surface area (Å²) in [6.45, 7) is 3.39. The van der Waals surface area contributed by atoms with Crippen molar-refractivity contribution >= 4 is 11.9 Å². The maximum absolute atomic E-state index is 12.4. The van der Waals surface area contributed by atoms with Crippen LogP contribution in [-0.2, 0) is 10.3 Å². The molecule has 122 valence electrons. The maximum atomic E-state index is 12.4. The summed E-state index contributed by atoms with van der Waals surface area (Å²) >= 11 is 0. The van der Waals surface area contributed by atoms with Gasteiger partial charge in [0.25, 0.3) is 5.91 Å². The molecule has 6 heteroatoms. The predicted octanol–water partition coefficient (Wildman–Crippen LogP) is 2.72. The fourth-order valence-corrected chi connectivity index (χ4v) is 2.36. The Morgan fingerprint density at radius 3 is 2.61 bits per heavy atom. The van der Waals surface area contributed by atoms with Crippen LogP contribution in [0, 0.1) is 6.92 Å². The first-order valence-electron chi connectivity index (χ1n) is 7.09. The number of benzene rings is 1. The van der Waals surface area contributed by atoms with Crippen molar-refractivity contribution in [2.45, 2.75) is 25.8 Å². The van der Waals surface area contributed by atoms with Crippen LogP contribution >= 0.6 is 0 Å². The quantitative estimate of drug-likeness (QED) is 0.855. The molecule has 0 aliphatic rings. The van der Waals surface area contributed by atoms with Crippen molar-refractivity contribution in [2.75, 3.05) is 7.11 Å². The van der Waals surface area contributed by atoms with Crippen LogP contribution in [0.2, 0.25) is 0 Å². The van der Waals surface area contributed by atoms with Gasteiger partial charge in [-0.2, -0.15) is 0 Å². The zero-order chi connectivity index (χ0) is 17.0. The third-order valence-corrected chi connectivity index (χ3v) is 3.57. The Hall–Kier alpha value is -2.76. The van der Waals surface area contributed by atoms with Crippen LogP contribution < -0.4 is 10.1 Å². The number of carboxylic acid groups (broad SMARTS) is 1. The third-order valence-electron chi connectivity index (χ3n) is 3.57. The number of aryl methyl sites for hydroxylation is 1. The molecule has 2 aromatic rings. The molecule has 2 rings (SSSR count). The van der Waals surface area contributed by atoms with E-state index in [1.165, 1.54) is 7.11 Å². The van der Waals surface area contributed by atoms with E-state index >= 15 is 0 Å². The van der Waals surface area contributed by atoms with Gasteiger partial charge < -0.3 is 19.6 Å². The normalized spacial score (nSPS) is 13.2. The summed E-state index contributed by atoms with van der Waals surface area (Å²) in [4.78, 5) is 23.6. The number of hydrogen-bond acceptors (Lipinski definition) is 4. The lowest BCUT2D eigenvalue weighted by Gasteiger charge is -2.30. The minimum atomic E-state index is -1.10. The van der Waals surface area contributed by atoms with Crippen LogP contribution in [-0.4, -0.2) is 24.1 Å². The minimum Gasteiger partial charge on any atom is -0.497 e. The number of carbonyl (C=O) groups excluding carboxylic acids is 1. The van der Waals surface area contributed by atoms with Gasteiger partial charge in [-0.15, -0.1) is 0 Å². The van der Waals surface area contributed by atoms with Crippen molar-refractivity contribution in [3.8, 4) is 5.75 Å². The van der Waals surface area contributed by atoms with E-state index in [1.807, 2.05) is 0 Å². The van der Waals surface area contributed by atoms with Gasteiger partial charge in [0, 0.05) is 0 Å². The molecule has 2 N–H and O–H groups in total. The largest absolute Gasteiger partial charge is 0.497 e. The molecule has 0 radical (unpaired) electrons. The van der Waals surface area contributed by atoms with Crippen molar-refractivity contribution in [3.63, 3.8) is 0 Å². The molecule has 1 unspecified atom stereocenters.